The monoisotopic (exact) mass is 246 g/mol. The second kappa shape index (κ2) is 5.75. The lowest BCUT2D eigenvalue weighted by molar-refractivity contribution is 0.323. The SMILES string of the molecule is CNC(C)c1ccccc1N1CCC(C)C(C)C1. The molecule has 1 N–H and O–H groups in total. The van der Waals surface area contributed by atoms with Crippen molar-refractivity contribution in [2.24, 2.45) is 11.8 Å². The van der Waals surface area contributed by atoms with Crippen LogP contribution in [0.2, 0.25) is 0 Å². The molecule has 1 aromatic carbocycles. The van der Waals surface area contributed by atoms with E-state index >= 15 is 0 Å². The van der Waals surface area contributed by atoms with Gasteiger partial charge in [0.1, 0.15) is 0 Å². The van der Waals surface area contributed by atoms with Crippen LogP contribution in [-0.4, -0.2) is 20.1 Å². The Kier molecular flexibility index (Phi) is 4.28. The van der Waals surface area contributed by atoms with Crippen molar-refractivity contribution in [3.05, 3.63) is 29.8 Å². The third kappa shape index (κ3) is 2.69. The van der Waals surface area contributed by atoms with Gasteiger partial charge < -0.3 is 10.2 Å². The van der Waals surface area contributed by atoms with Gasteiger partial charge in [0.05, 0.1) is 0 Å². The minimum Gasteiger partial charge on any atom is -0.371 e. The van der Waals surface area contributed by atoms with E-state index in [2.05, 4.69) is 55.3 Å². The quantitative estimate of drug-likeness (QED) is 0.879. The van der Waals surface area contributed by atoms with E-state index in [0.29, 0.717) is 6.04 Å². The Morgan fingerprint density at radius 2 is 1.94 bits per heavy atom. The summed E-state index contributed by atoms with van der Waals surface area (Å²) < 4.78 is 0. The summed E-state index contributed by atoms with van der Waals surface area (Å²) in [7, 11) is 2.03. The van der Waals surface area contributed by atoms with Crippen molar-refractivity contribution in [3.63, 3.8) is 0 Å². The number of benzene rings is 1. The largest absolute Gasteiger partial charge is 0.371 e. The number of nitrogens with zero attached hydrogens (tertiary/aromatic N) is 1. The van der Waals surface area contributed by atoms with E-state index in [1.807, 2.05) is 7.05 Å². The maximum Gasteiger partial charge on any atom is 0.0414 e. The fourth-order valence-corrected chi connectivity index (χ4v) is 2.78. The van der Waals surface area contributed by atoms with E-state index in [1.165, 1.54) is 30.8 Å². The lowest BCUT2D eigenvalue weighted by Gasteiger charge is -2.38. The van der Waals surface area contributed by atoms with Gasteiger partial charge in [-0.2, -0.15) is 0 Å². The molecule has 1 aliphatic rings. The van der Waals surface area contributed by atoms with Crippen LogP contribution in [0.15, 0.2) is 24.3 Å². The molecule has 3 atom stereocenters. The van der Waals surface area contributed by atoms with Gasteiger partial charge in [0.15, 0.2) is 0 Å². The molecule has 18 heavy (non-hydrogen) atoms. The Labute approximate surface area is 111 Å². The van der Waals surface area contributed by atoms with Crippen molar-refractivity contribution < 1.29 is 0 Å². The van der Waals surface area contributed by atoms with Gasteiger partial charge in [-0.1, -0.05) is 32.0 Å². The molecule has 0 bridgehead atoms. The zero-order valence-electron chi connectivity index (χ0n) is 12.1. The molecule has 0 aromatic heterocycles. The zero-order chi connectivity index (χ0) is 13.1. The van der Waals surface area contributed by atoms with Crippen LogP contribution >= 0.6 is 0 Å². The minimum absolute atomic E-state index is 0.413. The average molecular weight is 246 g/mol. The summed E-state index contributed by atoms with van der Waals surface area (Å²) in [5, 5.41) is 3.35. The molecule has 0 amide bonds. The first kappa shape index (κ1) is 13.4. The third-order valence-electron chi connectivity index (χ3n) is 4.51. The number of hydrogen-bond donors (Lipinski definition) is 1. The molecule has 1 fully saturated rings. The van der Waals surface area contributed by atoms with Crippen molar-refractivity contribution in [1.82, 2.24) is 5.32 Å². The van der Waals surface area contributed by atoms with E-state index in [-0.39, 0.29) is 0 Å². The summed E-state index contributed by atoms with van der Waals surface area (Å²) in [6.07, 6.45) is 1.31. The van der Waals surface area contributed by atoms with Crippen LogP contribution in [0.3, 0.4) is 0 Å². The van der Waals surface area contributed by atoms with E-state index in [1.54, 1.807) is 0 Å². The van der Waals surface area contributed by atoms with Gasteiger partial charge in [-0.15, -0.1) is 0 Å². The highest BCUT2D eigenvalue weighted by atomic mass is 15.1. The first-order valence-electron chi connectivity index (χ1n) is 7.14. The van der Waals surface area contributed by atoms with E-state index in [4.69, 9.17) is 0 Å². The maximum atomic E-state index is 3.35. The lowest BCUT2D eigenvalue weighted by atomic mass is 9.88. The molecule has 1 heterocycles. The van der Waals surface area contributed by atoms with Gasteiger partial charge in [0.25, 0.3) is 0 Å². The Morgan fingerprint density at radius 1 is 1.22 bits per heavy atom. The molecule has 1 saturated heterocycles. The van der Waals surface area contributed by atoms with E-state index < -0.39 is 0 Å². The van der Waals surface area contributed by atoms with Crippen LogP contribution in [-0.2, 0) is 0 Å². The smallest absolute Gasteiger partial charge is 0.0414 e. The lowest BCUT2D eigenvalue weighted by Crippen LogP contribution is -2.39. The molecule has 2 rings (SSSR count). The highest BCUT2D eigenvalue weighted by Gasteiger charge is 2.24. The fraction of sp³-hybridized carbons (Fsp3) is 0.625. The molecule has 0 aliphatic carbocycles. The molecular formula is C16H26N2. The molecular weight excluding hydrogens is 220 g/mol. The topological polar surface area (TPSA) is 15.3 Å². The van der Waals surface area contributed by atoms with E-state index in [9.17, 15) is 0 Å². The number of hydrogen-bond acceptors (Lipinski definition) is 2. The second-order valence-corrected chi connectivity index (χ2v) is 5.76. The average Bonchev–Trinajstić information content (AvgIpc) is 2.41. The third-order valence-corrected chi connectivity index (χ3v) is 4.51. The molecule has 1 aliphatic heterocycles. The summed E-state index contributed by atoms with van der Waals surface area (Å²) in [4.78, 5) is 2.56. The first-order valence-corrected chi connectivity index (χ1v) is 7.14. The van der Waals surface area contributed by atoms with E-state index in [0.717, 1.165) is 11.8 Å². The van der Waals surface area contributed by atoms with Gasteiger partial charge in [0.2, 0.25) is 0 Å². The molecule has 2 heteroatoms. The molecule has 0 spiro atoms. The summed E-state index contributed by atoms with van der Waals surface area (Å²) in [5.41, 5.74) is 2.83. The van der Waals surface area contributed by atoms with Crippen molar-refractivity contribution >= 4 is 5.69 Å². The molecule has 100 valence electrons. The van der Waals surface area contributed by atoms with Gasteiger partial charge >= 0.3 is 0 Å². The summed E-state index contributed by atoms with van der Waals surface area (Å²) in [6.45, 7) is 9.37. The molecule has 1 aromatic rings. The van der Waals surface area contributed by atoms with Crippen LogP contribution < -0.4 is 10.2 Å². The minimum atomic E-state index is 0.413. The first-order chi connectivity index (χ1) is 8.63. The Morgan fingerprint density at radius 3 is 2.61 bits per heavy atom. The normalized spacial score (nSPS) is 26.1. The predicted octanol–water partition coefficient (Wildman–Crippen LogP) is 3.45. The Bertz CT molecular complexity index is 388. The van der Waals surface area contributed by atoms with Gasteiger partial charge in [0, 0.05) is 24.8 Å². The van der Waals surface area contributed by atoms with Crippen LogP contribution in [0.25, 0.3) is 0 Å². The molecule has 2 nitrogen and oxygen atoms in total. The fourth-order valence-electron chi connectivity index (χ4n) is 2.78. The number of anilines is 1. The number of nitrogens with one attached hydrogen (secondary N) is 1. The van der Waals surface area contributed by atoms with Crippen LogP contribution in [0.1, 0.15) is 38.8 Å². The van der Waals surface area contributed by atoms with Crippen LogP contribution in [0.5, 0.6) is 0 Å². The van der Waals surface area contributed by atoms with Gasteiger partial charge in [-0.3, -0.25) is 0 Å². The predicted molar refractivity (Wildman–Crippen MR) is 79.1 cm³/mol. The maximum absolute atomic E-state index is 3.35. The van der Waals surface area contributed by atoms with Crippen molar-refractivity contribution in [3.8, 4) is 0 Å². The zero-order valence-corrected chi connectivity index (χ0v) is 12.1. The molecule has 0 radical (unpaired) electrons. The summed E-state index contributed by atoms with van der Waals surface area (Å²) in [6, 6.07) is 9.23. The van der Waals surface area contributed by atoms with Crippen LogP contribution in [0, 0.1) is 11.8 Å². The number of rotatable bonds is 3. The van der Waals surface area contributed by atoms with Crippen molar-refractivity contribution in [2.75, 3.05) is 25.0 Å². The highest BCUT2D eigenvalue weighted by Crippen LogP contribution is 2.31. The molecule has 0 saturated carbocycles. The number of para-hydroxylation sites is 1. The second-order valence-electron chi connectivity index (χ2n) is 5.76. The van der Waals surface area contributed by atoms with Gasteiger partial charge in [-0.05, 0) is 43.9 Å². The van der Waals surface area contributed by atoms with Gasteiger partial charge in [-0.25, -0.2) is 0 Å². The highest BCUT2D eigenvalue weighted by molar-refractivity contribution is 5.55. The van der Waals surface area contributed by atoms with Crippen molar-refractivity contribution in [1.29, 1.82) is 0 Å². The Balaban J connectivity index is 2.22. The number of piperidine rings is 1. The van der Waals surface area contributed by atoms with Crippen LogP contribution in [0.4, 0.5) is 5.69 Å². The standard InChI is InChI=1S/C16H26N2/c1-12-9-10-18(11-13(12)2)16-8-6-5-7-15(16)14(3)17-4/h5-8,12-14,17H,9-11H2,1-4H3. The summed E-state index contributed by atoms with van der Waals surface area (Å²) in [5.74, 6) is 1.65. The Hall–Kier alpha value is -1.02. The summed E-state index contributed by atoms with van der Waals surface area (Å²) >= 11 is 0. The van der Waals surface area contributed by atoms with Crippen molar-refractivity contribution in [2.45, 2.75) is 33.2 Å². The molecule has 3 unspecified atom stereocenters.